The Morgan fingerprint density at radius 2 is 2.32 bits per heavy atom. The second-order valence-corrected chi connectivity index (χ2v) is 8.72. The SMILES string of the molecule is CCCNC1CCCc2nc(C3CSCCS3)sc21. The van der Waals surface area contributed by atoms with Crippen molar-refractivity contribution in [3.8, 4) is 0 Å². The van der Waals surface area contributed by atoms with Crippen LogP contribution in [0.25, 0.3) is 0 Å². The first kappa shape index (κ1) is 14.2. The fourth-order valence-corrected chi connectivity index (χ4v) is 6.93. The molecule has 2 aliphatic rings. The summed E-state index contributed by atoms with van der Waals surface area (Å²) < 4.78 is 0. The Kier molecular flexibility index (Phi) is 5.12. The van der Waals surface area contributed by atoms with Crippen LogP contribution in [0.15, 0.2) is 0 Å². The monoisotopic (exact) mass is 314 g/mol. The van der Waals surface area contributed by atoms with E-state index in [0.717, 1.165) is 6.54 Å². The summed E-state index contributed by atoms with van der Waals surface area (Å²) in [4.78, 5) is 6.52. The number of hydrogen-bond acceptors (Lipinski definition) is 5. The first-order chi connectivity index (χ1) is 9.38. The second-order valence-electron chi connectivity index (χ2n) is 5.20. The van der Waals surface area contributed by atoms with Gasteiger partial charge in [-0.1, -0.05) is 6.92 Å². The van der Waals surface area contributed by atoms with Gasteiger partial charge < -0.3 is 5.32 Å². The molecule has 1 aromatic heterocycles. The normalized spacial score (nSPS) is 27.2. The van der Waals surface area contributed by atoms with Crippen LogP contribution in [0.3, 0.4) is 0 Å². The molecule has 0 saturated carbocycles. The number of rotatable bonds is 4. The Hall–Kier alpha value is 0.290. The Morgan fingerprint density at radius 3 is 3.11 bits per heavy atom. The van der Waals surface area contributed by atoms with Gasteiger partial charge in [-0.3, -0.25) is 0 Å². The summed E-state index contributed by atoms with van der Waals surface area (Å²) in [5, 5.41) is 5.75. The van der Waals surface area contributed by atoms with Gasteiger partial charge in [0.25, 0.3) is 0 Å². The number of nitrogens with zero attached hydrogens (tertiary/aromatic N) is 1. The van der Waals surface area contributed by atoms with Gasteiger partial charge in [-0.05, 0) is 32.2 Å². The summed E-state index contributed by atoms with van der Waals surface area (Å²) in [6.45, 7) is 3.37. The maximum atomic E-state index is 4.98. The van der Waals surface area contributed by atoms with Gasteiger partial charge in [-0.15, -0.1) is 23.1 Å². The number of fused-ring (bicyclic) bond motifs is 1. The van der Waals surface area contributed by atoms with Crippen LogP contribution in [0.1, 0.15) is 53.1 Å². The lowest BCUT2D eigenvalue weighted by molar-refractivity contribution is 0.464. The molecule has 0 bridgehead atoms. The van der Waals surface area contributed by atoms with Crippen LogP contribution in [0.2, 0.25) is 0 Å². The Balaban J connectivity index is 1.76. The maximum Gasteiger partial charge on any atom is 0.107 e. The van der Waals surface area contributed by atoms with E-state index in [-0.39, 0.29) is 0 Å². The molecule has 1 N–H and O–H groups in total. The number of hydrogen-bond donors (Lipinski definition) is 1. The summed E-state index contributed by atoms with van der Waals surface area (Å²) in [6, 6.07) is 0.580. The third-order valence-electron chi connectivity index (χ3n) is 3.70. The van der Waals surface area contributed by atoms with Crippen molar-refractivity contribution in [2.75, 3.05) is 23.8 Å². The molecular weight excluding hydrogens is 292 g/mol. The molecule has 2 unspecified atom stereocenters. The number of nitrogens with one attached hydrogen (secondary N) is 1. The minimum atomic E-state index is 0.580. The molecule has 1 aliphatic carbocycles. The van der Waals surface area contributed by atoms with Crippen LogP contribution in [-0.4, -0.2) is 28.8 Å². The maximum absolute atomic E-state index is 4.98. The van der Waals surface area contributed by atoms with Gasteiger partial charge in [-0.25, -0.2) is 4.98 Å². The number of thioether (sulfide) groups is 2. The molecule has 2 nitrogen and oxygen atoms in total. The van der Waals surface area contributed by atoms with Crippen molar-refractivity contribution in [3.05, 3.63) is 15.6 Å². The fraction of sp³-hybridized carbons (Fsp3) is 0.786. The predicted octanol–water partition coefficient (Wildman–Crippen LogP) is 4.04. The third kappa shape index (κ3) is 3.31. The van der Waals surface area contributed by atoms with E-state index in [1.165, 1.54) is 53.6 Å². The van der Waals surface area contributed by atoms with Crippen molar-refractivity contribution in [3.63, 3.8) is 0 Å². The van der Waals surface area contributed by atoms with Crippen molar-refractivity contribution >= 4 is 34.9 Å². The predicted molar refractivity (Wildman–Crippen MR) is 88.6 cm³/mol. The van der Waals surface area contributed by atoms with Gasteiger partial charge in [0.15, 0.2) is 0 Å². The van der Waals surface area contributed by atoms with E-state index in [4.69, 9.17) is 4.98 Å². The molecule has 1 aromatic rings. The van der Waals surface area contributed by atoms with Gasteiger partial charge in [-0.2, -0.15) is 11.8 Å². The Bertz CT molecular complexity index is 413. The van der Waals surface area contributed by atoms with Gasteiger partial charge in [0.1, 0.15) is 5.01 Å². The van der Waals surface area contributed by atoms with Gasteiger partial charge in [0, 0.05) is 28.2 Å². The van der Waals surface area contributed by atoms with Crippen molar-refractivity contribution in [1.82, 2.24) is 10.3 Å². The van der Waals surface area contributed by atoms with Crippen LogP contribution in [0, 0.1) is 0 Å². The Labute approximate surface area is 128 Å². The van der Waals surface area contributed by atoms with E-state index in [0.29, 0.717) is 11.3 Å². The van der Waals surface area contributed by atoms with Crippen molar-refractivity contribution in [2.45, 2.75) is 43.9 Å². The van der Waals surface area contributed by atoms with Crippen LogP contribution in [0.4, 0.5) is 0 Å². The lowest BCUT2D eigenvalue weighted by Gasteiger charge is -2.22. The van der Waals surface area contributed by atoms with E-state index in [1.54, 1.807) is 4.88 Å². The molecule has 1 fully saturated rings. The number of aromatic nitrogens is 1. The van der Waals surface area contributed by atoms with Crippen molar-refractivity contribution in [1.29, 1.82) is 0 Å². The lowest BCUT2D eigenvalue weighted by atomic mass is 9.98. The molecule has 0 radical (unpaired) electrons. The zero-order valence-electron chi connectivity index (χ0n) is 11.5. The second kappa shape index (κ2) is 6.83. The fourth-order valence-electron chi connectivity index (χ4n) is 2.72. The highest BCUT2D eigenvalue weighted by Crippen LogP contribution is 2.42. The smallest absolute Gasteiger partial charge is 0.107 e. The molecule has 0 amide bonds. The molecule has 1 aliphatic heterocycles. The first-order valence-electron chi connectivity index (χ1n) is 7.30. The quantitative estimate of drug-likeness (QED) is 0.906. The molecule has 19 heavy (non-hydrogen) atoms. The Morgan fingerprint density at radius 1 is 1.37 bits per heavy atom. The van der Waals surface area contributed by atoms with E-state index in [9.17, 15) is 0 Å². The molecule has 2 atom stereocenters. The lowest BCUT2D eigenvalue weighted by Crippen LogP contribution is -2.24. The van der Waals surface area contributed by atoms with Gasteiger partial charge in [0.2, 0.25) is 0 Å². The van der Waals surface area contributed by atoms with Crippen LogP contribution < -0.4 is 5.32 Å². The average molecular weight is 315 g/mol. The van der Waals surface area contributed by atoms with E-state index >= 15 is 0 Å². The average Bonchev–Trinajstić information content (AvgIpc) is 2.90. The molecule has 106 valence electrons. The largest absolute Gasteiger partial charge is 0.309 e. The summed E-state index contributed by atoms with van der Waals surface area (Å²) in [5.41, 5.74) is 1.40. The standard InChI is InChI=1S/C14H22N2S3/c1-2-6-15-10-4-3-5-11-13(10)19-14(16-11)12-9-17-7-8-18-12/h10,12,15H,2-9H2,1H3. The topological polar surface area (TPSA) is 24.9 Å². The molecule has 3 rings (SSSR count). The van der Waals surface area contributed by atoms with Crippen LogP contribution in [-0.2, 0) is 6.42 Å². The van der Waals surface area contributed by atoms with E-state index < -0.39 is 0 Å². The molecule has 1 saturated heterocycles. The number of aryl methyl sites for hydroxylation is 1. The molecule has 0 spiro atoms. The van der Waals surface area contributed by atoms with Crippen molar-refractivity contribution in [2.24, 2.45) is 0 Å². The zero-order chi connectivity index (χ0) is 13.1. The zero-order valence-corrected chi connectivity index (χ0v) is 13.9. The minimum Gasteiger partial charge on any atom is -0.309 e. The highest BCUT2D eigenvalue weighted by atomic mass is 32.2. The first-order valence-corrected chi connectivity index (χ1v) is 10.3. The third-order valence-corrected chi connectivity index (χ3v) is 7.94. The summed E-state index contributed by atoms with van der Waals surface area (Å²) in [6.07, 6.45) is 5.00. The van der Waals surface area contributed by atoms with Crippen molar-refractivity contribution < 1.29 is 0 Å². The summed E-state index contributed by atoms with van der Waals surface area (Å²) in [7, 11) is 0. The highest BCUT2D eigenvalue weighted by molar-refractivity contribution is 8.06. The van der Waals surface area contributed by atoms with Crippen LogP contribution >= 0.6 is 34.9 Å². The van der Waals surface area contributed by atoms with Gasteiger partial charge in [0.05, 0.1) is 10.9 Å². The van der Waals surface area contributed by atoms with E-state index in [2.05, 4.69) is 35.8 Å². The highest BCUT2D eigenvalue weighted by Gasteiger charge is 2.27. The molecule has 0 aromatic carbocycles. The molecule has 2 heterocycles. The molecule has 5 heteroatoms. The van der Waals surface area contributed by atoms with E-state index in [1.807, 2.05) is 11.3 Å². The minimum absolute atomic E-state index is 0.580. The molecular formula is C14H22N2S3. The summed E-state index contributed by atoms with van der Waals surface area (Å²) in [5.74, 6) is 3.86. The summed E-state index contributed by atoms with van der Waals surface area (Å²) >= 11 is 6.19. The van der Waals surface area contributed by atoms with Crippen LogP contribution in [0.5, 0.6) is 0 Å². The van der Waals surface area contributed by atoms with Gasteiger partial charge >= 0.3 is 0 Å². The number of thiazole rings is 1.